The molecule has 0 fully saturated rings. The molecule has 2 rings (SSSR count). The summed E-state index contributed by atoms with van der Waals surface area (Å²) in [6.07, 6.45) is 4.08. The summed E-state index contributed by atoms with van der Waals surface area (Å²) < 4.78 is 5.01. The van der Waals surface area contributed by atoms with E-state index in [9.17, 15) is 4.79 Å². The average Bonchev–Trinajstić information content (AvgIpc) is 2.93. The molecule has 0 unspecified atom stereocenters. The molecule has 6 heteroatoms. The van der Waals surface area contributed by atoms with Gasteiger partial charge in [0.2, 0.25) is 5.95 Å². The molecule has 0 aliphatic carbocycles. The van der Waals surface area contributed by atoms with Crippen LogP contribution in [0.1, 0.15) is 28.4 Å². The van der Waals surface area contributed by atoms with Crippen LogP contribution >= 0.6 is 11.3 Å². The van der Waals surface area contributed by atoms with Crippen molar-refractivity contribution in [1.29, 1.82) is 0 Å². The fraction of sp³-hybridized carbons (Fsp3) is 0.400. The van der Waals surface area contributed by atoms with E-state index in [4.69, 9.17) is 4.74 Å². The van der Waals surface area contributed by atoms with Crippen LogP contribution in [0, 0.1) is 5.92 Å². The molecule has 21 heavy (non-hydrogen) atoms. The number of anilines is 1. The first-order valence-corrected chi connectivity index (χ1v) is 7.55. The predicted molar refractivity (Wildman–Crippen MR) is 84.2 cm³/mol. The molecule has 0 saturated heterocycles. The van der Waals surface area contributed by atoms with E-state index in [0.29, 0.717) is 22.5 Å². The molecular weight excluding hydrogens is 286 g/mol. The third-order valence-electron chi connectivity index (χ3n) is 2.94. The summed E-state index contributed by atoms with van der Waals surface area (Å²) in [5, 5.41) is 0. The number of thiophene rings is 1. The van der Waals surface area contributed by atoms with E-state index in [2.05, 4.69) is 23.8 Å². The third kappa shape index (κ3) is 3.78. The third-order valence-corrected chi connectivity index (χ3v) is 4.03. The van der Waals surface area contributed by atoms with E-state index in [1.165, 1.54) is 21.1 Å². The zero-order chi connectivity index (χ0) is 15.4. The molecule has 2 aromatic heterocycles. The number of carbonyl (C=O) groups is 1. The smallest absolute Gasteiger partial charge is 0.270 e. The molecule has 0 aromatic carbocycles. The van der Waals surface area contributed by atoms with Crippen LogP contribution in [0.3, 0.4) is 0 Å². The van der Waals surface area contributed by atoms with Crippen LogP contribution in [0.2, 0.25) is 0 Å². The van der Waals surface area contributed by atoms with E-state index in [-0.39, 0.29) is 5.91 Å². The largest absolute Gasteiger partial charge is 0.494 e. The Balaban J connectivity index is 2.12. The van der Waals surface area contributed by atoms with Gasteiger partial charge in [-0.15, -0.1) is 11.3 Å². The molecule has 0 aliphatic rings. The molecular formula is C15H19N3O2S. The van der Waals surface area contributed by atoms with Crippen molar-refractivity contribution in [3.05, 3.63) is 34.3 Å². The fourth-order valence-electron chi connectivity index (χ4n) is 1.85. The molecule has 0 N–H and O–H groups in total. The lowest BCUT2D eigenvalue weighted by Crippen LogP contribution is -2.27. The van der Waals surface area contributed by atoms with Crippen molar-refractivity contribution in [2.24, 2.45) is 5.92 Å². The first kappa shape index (κ1) is 15.4. The zero-order valence-corrected chi connectivity index (χ0v) is 13.5. The van der Waals surface area contributed by atoms with Gasteiger partial charge < -0.3 is 4.74 Å². The number of nitrogens with zero attached hydrogens (tertiary/aromatic N) is 3. The van der Waals surface area contributed by atoms with Gasteiger partial charge in [0.05, 0.1) is 24.4 Å². The Bertz CT molecular complexity index is 608. The molecule has 0 saturated carbocycles. The molecule has 5 nitrogen and oxygen atoms in total. The highest BCUT2D eigenvalue weighted by Crippen LogP contribution is 2.22. The Labute approximate surface area is 128 Å². The normalized spacial score (nSPS) is 10.7. The van der Waals surface area contributed by atoms with Crippen LogP contribution in [0.4, 0.5) is 5.95 Å². The summed E-state index contributed by atoms with van der Waals surface area (Å²) in [4.78, 5) is 24.0. The van der Waals surface area contributed by atoms with Crippen molar-refractivity contribution in [3.63, 3.8) is 0 Å². The lowest BCUT2D eigenvalue weighted by Gasteiger charge is -2.13. The number of methoxy groups -OCH3 is 1. The molecule has 0 aliphatic heterocycles. The van der Waals surface area contributed by atoms with E-state index in [1.807, 2.05) is 12.1 Å². The van der Waals surface area contributed by atoms with Crippen LogP contribution in [-0.4, -0.2) is 30.0 Å². The van der Waals surface area contributed by atoms with Gasteiger partial charge in [0, 0.05) is 11.9 Å². The molecule has 0 radical (unpaired) electrons. The summed E-state index contributed by atoms with van der Waals surface area (Å²) >= 11 is 1.53. The van der Waals surface area contributed by atoms with Gasteiger partial charge in [-0.3, -0.25) is 9.69 Å². The van der Waals surface area contributed by atoms with E-state index >= 15 is 0 Å². The number of aromatic nitrogens is 2. The summed E-state index contributed by atoms with van der Waals surface area (Å²) in [5.74, 6) is 1.41. The highest BCUT2D eigenvalue weighted by Gasteiger charge is 2.18. The number of hydrogen-bond acceptors (Lipinski definition) is 5. The second-order valence-corrected chi connectivity index (χ2v) is 6.32. The molecule has 2 heterocycles. The first-order valence-electron chi connectivity index (χ1n) is 6.74. The molecule has 0 spiro atoms. The van der Waals surface area contributed by atoms with Gasteiger partial charge in [-0.05, 0) is 24.5 Å². The van der Waals surface area contributed by atoms with Crippen LogP contribution in [0.5, 0.6) is 5.75 Å². The van der Waals surface area contributed by atoms with Gasteiger partial charge in [-0.25, -0.2) is 9.97 Å². The predicted octanol–water partition coefficient (Wildman–Crippen LogP) is 3.02. The molecule has 1 amide bonds. The Morgan fingerprint density at radius 2 is 2.00 bits per heavy atom. The average molecular weight is 305 g/mol. The Hall–Kier alpha value is -1.95. The van der Waals surface area contributed by atoms with Gasteiger partial charge in [0.1, 0.15) is 0 Å². The van der Waals surface area contributed by atoms with Crippen molar-refractivity contribution in [3.8, 4) is 5.75 Å². The van der Waals surface area contributed by atoms with Crippen molar-refractivity contribution in [1.82, 2.24) is 9.97 Å². The van der Waals surface area contributed by atoms with Crippen molar-refractivity contribution in [2.75, 3.05) is 19.1 Å². The van der Waals surface area contributed by atoms with Gasteiger partial charge in [0.25, 0.3) is 5.91 Å². The highest BCUT2D eigenvalue weighted by atomic mass is 32.1. The fourth-order valence-corrected chi connectivity index (χ4v) is 3.04. The van der Waals surface area contributed by atoms with Crippen molar-refractivity contribution >= 4 is 23.2 Å². The molecule has 0 atom stereocenters. The number of rotatable bonds is 5. The standard InChI is InChI=1S/C15H19N3O2S/c1-10(2)7-12-5-6-13(21-12)14(19)18(3)15-16-8-11(20-4)9-17-15/h5-6,8-10H,7H2,1-4H3. The number of ether oxygens (including phenoxy) is 1. The van der Waals surface area contributed by atoms with Crippen LogP contribution < -0.4 is 9.64 Å². The summed E-state index contributed by atoms with van der Waals surface area (Å²) in [5.41, 5.74) is 0. The summed E-state index contributed by atoms with van der Waals surface area (Å²) in [7, 11) is 3.22. The lowest BCUT2D eigenvalue weighted by atomic mass is 10.1. The minimum Gasteiger partial charge on any atom is -0.494 e. The maximum atomic E-state index is 12.4. The van der Waals surface area contributed by atoms with E-state index in [1.54, 1.807) is 26.6 Å². The number of carbonyl (C=O) groups excluding carboxylic acids is 1. The first-order chi connectivity index (χ1) is 10.0. The lowest BCUT2D eigenvalue weighted by molar-refractivity contribution is 0.0995. The summed E-state index contributed by atoms with van der Waals surface area (Å²) in [6.45, 7) is 4.33. The van der Waals surface area contributed by atoms with Crippen molar-refractivity contribution < 1.29 is 9.53 Å². The second kappa shape index (κ2) is 6.67. The van der Waals surface area contributed by atoms with Crippen LogP contribution in [0.25, 0.3) is 0 Å². The minimum atomic E-state index is -0.0971. The number of amides is 1. The van der Waals surface area contributed by atoms with Gasteiger partial charge in [-0.1, -0.05) is 13.8 Å². The minimum absolute atomic E-state index is 0.0971. The second-order valence-electron chi connectivity index (χ2n) is 5.15. The topological polar surface area (TPSA) is 55.3 Å². The van der Waals surface area contributed by atoms with Gasteiger partial charge >= 0.3 is 0 Å². The van der Waals surface area contributed by atoms with Gasteiger partial charge in [-0.2, -0.15) is 0 Å². The van der Waals surface area contributed by atoms with E-state index in [0.717, 1.165) is 6.42 Å². The number of hydrogen-bond donors (Lipinski definition) is 0. The quantitative estimate of drug-likeness (QED) is 0.852. The molecule has 0 bridgehead atoms. The van der Waals surface area contributed by atoms with Crippen LogP contribution in [0.15, 0.2) is 24.5 Å². The van der Waals surface area contributed by atoms with E-state index < -0.39 is 0 Å². The van der Waals surface area contributed by atoms with Crippen molar-refractivity contribution in [2.45, 2.75) is 20.3 Å². The Morgan fingerprint density at radius 1 is 1.33 bits per heavy atom. The zero-order valence-electron chi connectivity index (χ0n) is 12.7. The molecule has 112 valence electrons. The highest BCUT2D eigenvalue weighted by molar-refractivity contribution is 7.14. The SMILES string of the molecule is COc1cnc(N(C)C(=O)c2ccc(CC(C)C)s2)nc1. The Kier molecular flexibility index (Phi) is 4.90. The Morgan fingerprint density at radius 3 is 2.57 bits per heavy atom. The molecule has 2 aromatic rings. The summed E-state index contributed by atoms with van der Waals surface area (Å²) in [6, 6.07) is 3.88. The maximum Gasteiger partial charge on any atom is 0.270 e. The monoisotopic (exact) mass is 305 g/mol. The van der Waals surface area contributed by atoms with Crippen LogP contribution in [-0.2, 0) is 6.42 Å². The van der Waals surface area contributed by atoms with Gasteiger partial charge in [0.15, 0.2) is 5.75 Å². The maximum absolute atomic E-state index is 12.4.